The Bertz CT molecular complexity index is 628. The molecule has 0 fully saturated rings. The van der Waals surface area contributed by atoms with Gasteiger partial charge in [-0.15, -0.1) is 0 Å². The smallest absolute Gasteiger partial charge is 0.321 e. The third kappa shape index (κ3) is 4.50. The number of amides is 2. The van der Waals surface area contributed by atoms with Crippen molar-refractivity contribution in [2.45, 2.75) is 19.8 Å². The molecule has 116 valence electrons. The minimum Gasteiger partial charge on any atom is -0.328 e. The number of anilines is 1. The van der Waals surface area contributed by atoms with Crippen molar-refractivity contribution < 1.29 is 4.79 Å². The number of benzene rings is 2. The average Bonchev–Trinajstić information content (AvgIpc) is 2.52. The largest absolute Gasteiger partial charge is 0.328 e. The molecule has 0 atom stereocenters. The van der Waals surface area contributed by atoms with Crippen molar-refractivity contribution in [3.05, 3.63) is 64.7 Å². The number of hydrogen-bond donors (Lipinski definition) is 1. The number of nitrogens with zero attached hydrogens (tertiary/aromatic N) is 1. The molecule has 0 radical (unpaired) electrons. The predicted octanol–water partition coefficient (Wildman–Crippen LogP) is 4.74. The molecule has 2 aromatic carbocycles. The zero-order valence-corrected chi connectivity index (χ0v) is 13.7. The van der Waals surface area contributed by atoms with E-state index in [-0.39, 0.29) is 6.03 Å². The standard InChI is InChI=1S/C18H21ClN2O/c1-14-16(19)11-6-12-17(14)20-18(22)21(2)13-7-10-15-8-4-3-5-9-15/h3-6,8-9,11-12H,7,10,13H2,1-2H3,(H,20,22). The maximum absolute atomic E-state index is 12.2. The van der Waals surface area contributed by atoms with Gasteiger partial charge >= 0.3 is 6.03 Å². The van der Waals surface area contributed by atoms with Crippen LogP contribution in [0.5, 0.6) is 0 Å². The lowest BCUT2D eigenvalue weighted by Crippen LogP contribution is -2.32. The van der Waals surface area contributed by atoms with Gasteiger partial charge in [0.05, 0.1) is 0 Å². The molecule has 2 rings (SSSR count). The number of aryl methyl sites for hydroxylation is 1. The van der Waals surface area contributed by atoms with Crippen molar-refractivity contribution in [1.29, 1.82) is 0 Å². The van der Waals surface area contributed by atoms with E-state index in [0.717, 1.165) is 24.1 Å². The van der Waals surface area contributed by atoms with Crippen LogP contribution in [0.2, 0.25) is 5.02 Å². The maximum Gasteiger partial charge on any atom is 0.321 e. The SMILES string of the molecule is Cc1c(Cl)cccc1NC(=O)N(C)CCCc1ccccc1. The third-order valence-corrected chi connectivity index (χ3v) is 4.07. The Morgan fingerprint density at radius 3 is 2.59 bits per heavy atom. The second kappa shape index (κ2) is 7.85. The van der Waals surface area contributed by atoms with Gasteiger partial charge in [0.25, 0.3) is 0 Å². The molecule has 22 heavy (non-hydrogen) atoms. The fourth-order valence-corrected chi connectivity index (χ4v) is 2.39. The van der Waals surface area contributed by atoms with E-state index >= 15 is 0 Å². The van der Waals surface area contributed by atoms with Gasteiger partial charge in [-0.3, -0.25) is 0 Å². The summed E-state index contributed by atoms with van der Waals surface area (Å²) in [7, 11) is 1.81. The minimum absolute atomic E-state index is 0.113. The summed E-state index contributed by atoms with van der Waals surface area (Å²) in [5.74, 6) is 0. The number of rotatable bonds is 5. The third-order valence-electron chi connectivity index (χ3n) is 3.66. The summed E-state index contributed by atoms with van der Waals surface area (Å²) in [5.41, 5.74) is 2.93. The molecule has 0 aliphatic rings. The first-order chi connectivity index (χ1) is 10.6. The molecule has 0 spiro atoms. The highest BCUT2D eigenvalue weighted by atomic mass is 35.5. The van der Waals surface area contributed by atoms with Crippen molar-refractivity contribution in [2.75, 3.05) is 18.9 Å². The van der Waals surface area contributed by atoms with Gasteiger partial charge in [0.2, 0.25) is 0 Å². The first-order valence-corrected chi connectivity index (χ1v) is 7.77. The van der Waals surface area contributed by atoms with Crippen LogP contribution < -0.4 is 5.32 Å². The molecule has 0 saturated heterocycles. The van der Waals surface area contributed by atoms with E-state index in [1.54, 1.807) is 11.9 Å². The maximum atomic E-state index is 12.2. The first-order valence-electron chi connectivity index (χ1n) is 7.39. The first kappa shape index (κ1) is 16.4. The Hall–Kier alpha value is -2.00. The van der Waals surface area contributed by atoms with E-state index in [9.17, 15) is 4.79 Å². The fourth-order valence-electron chi connectivity index (χ4n) is 2.22. The zero-order valence-electron chi connectivity index (χ0n) is 13.0. The number of hydrogen-bond acceptors (Lipinski definition) is 1. The summed E-state index contributed by atoms with van der Waals surface area (Å²) in [6, 6.07) is 15.7. The Balaban J connectivity index is 1.83. The Morgan fingerprint density at radius 1 is 1.14 bits per heavy atom. The van der Waals surface area contributed by atoms with E-state index in [1.165, 1.54) is 5.56 Å². The van der Waals surface area contributed by atoms with Gasteiger partial charge in [-0.1, -0.05) is 48.0 Å². The molecule has 4 heteroatoms. The molecule has 0 aliphatic carbocycles. The molecular weight excluding hydrogens is 296 g/mol. The lowest BCUT2D eigenvalue weighted by Gasteiger charge is -2.19. The van der Waals surface area contributed by atoms with Gasteiger partial charge in [0, 0.05) is 24.3 Å². The topological polar surface area (TPSA) is 32.3 Å². The van der Waals surface area contributed by atoms with Gasteiger partial charge in [-0.05, 0) is 43.0 Å². The highest BCUT2D eigenvalue weighted by Crippen LogP contribution is 2.23. The van der Waals surface area contributed by atoms with E-state index in [4.69, 9.17) is 11.6 Å². The lowest BCUT2D eigenvalue weighted by atomic mass is 10.1. The van der Waals surface area contributed by atoms with Crippen LogP contribution in [0.15, 0.2) is 48.5 Å². The summed E-state index contributed by atoms with van der Waals surface area (Å²) in [6.45, 7) is 2.60. The Labute approximate surface area is 136 Å². The Kier molecular flexibility index (Phi) is 5.84. The summed E-state index contributed by atoms with van der Waals surface area (Å²) in [6.07, 6.45) is 1.90. The molecule has 0 aliphatic heterocycles. The monoisotopic (exact) mass is 316 g/mol. The van der Waals surface area contributed by atoms with E-state index in [1.807, 2.05) is 43.3 Å². The minimum atomic E-state index is -0.113. The Morgan fingerprint density at radius 2 is 1.86 bits per heavy atom. The van der Waals surface area contributed by atoms with Crippen LogP contribution in [0.4, 0.5) is 10.5 Å². The van der Waals surface area contributed by atoms with Crippen LogP contribution in [0.25, 0.3) is 0 Å². The van der Waals surface area contributed by atoms with E-state index in [2.05, 4.69) is 17.4 Å². The van der Waals surface area contributed by atoms with Crippen LogP contribution in [0, 0.1) is 6.92 Å². The van der Waals surface area contributed by atoms with Crippen molar-refractivity contribution in [1.82, 2.24) is 4.90 Å². The van der Waals surface area contributed by atoms with Gasteiger partial charge in [-0.2, -0.15) is 0 Å². The van der Waals surface area contributed by atoms with Gasteiger partial charge in [0.1, 0.15) is 0 Å². The lowest BCUT2D eigenvalue weighted by molar-refractivity contribution is 0.222. The molecule has 0 saturated carbocycles. The zero-order chi connectivity index (χ0) is 15.9. The molecule has 3 nitrogen and oxygen atoms in total. The highest BCUT2D eigenvalue weighted by molar-refractivity contribution is 6.31. The van der Waals surface area contributed by atoms with Crippen molar-refractivity contribution in [3.8, 4) is 0 Å². The predicted molar refractivity (Wildman–Crippen MR) is 92.6 cm³/mol. The normalized spacial score (nSPS) is 10.3. The van der Waals surface area contributed by atoms with Crippen LogP contribution in [-0.4, -0.2) is 24.5 Å². The second-order valence-corrected chi connectivity index (χ2v) is 5.76. The van der Waals surface area contributed by atoms with Crippen LogP contribution >= 0.6 is 11.6 Å². The molecule has 2 aromatic rings. The van der Waals surface area contributed by atoms with Gasteiger partial charge < -0.3 is 10.2 Å². The van der Waals surface area contributed by atoms with E-state index < -0.39 is 0 Å². The number of urea groups is 1. The molecule has 0 aromatic heterocycles. The number of nitrogens with one attached hydrogen (secondary N) is 1. The molecule has 0 bridgehead atoms. The number of carbonyl (C=O) groups excluding carboxylic acids is 1. The van der Waals surface area contributed by atoms with Crippen molar-refractivity contribution in [2.24, 2.45) is 0 Å². The summed E-state index contributed by atoms with van der Waals surface area (Å²) < 4.78 is 0. The quantitative estimate of drug-likeness (QED) is 0.848. The van der Waals surface area contributed by atoms with Crippen LogP contribution in [-0.2, 0) is 6.42 Å². The fraction of sp³-hybridized carbons (Fsp3) is 0.278. The van der Waals surface area contributed by atoms with Gasteiger partial charge in [0.15, 0.2) is 0 Å². The molecule has 0 unspecified atom stereocenters. The van der Waals surface area contributed by atoms with Crippen molar-refractivity contribution in [3.63, 3.8) is 0 Å². The second-order valence-electron chi connectivity index (χ2n) is 5.35. The highest BCUT2D eigenvalue weighted by Gasteiger charge is 2.10. The molecule has 1 N–H and O–H groups in total. The summed E-state index contributed by atoms with van der Waals surface area (Å²) in [4.78, 5) is 13.9. The average molecular weight is 317 g/mol. The summed E-state index contributed by atoms with van der Waals surface area (Å²) >= 11 is 6.06. The molecule has 2 amide bonds. The number of halogens is 1. The molecular formula is C18H21ClN2O. The van der Waals surface area contributed by atoms with Gasteiger partial charge in [-0.25, -0.2) is 4.79 Å². The number of carbonyl (C=O) groups is 1. The van der Waals surface area contributed by atoms with E-state index in [0.29, 0.717) is 11.6 Å². The molecule has 0 heterocycles. The van der Waals surface area contributed by atoms with Crippen LogP contribution in [0.1, 0.15) is 17.5 Å². The van der Waals surface area contributed by atoms with Crippen LogP contribution in [0.3, 0.4) is 0 Å². The summed E-state index contributed by atoms with van der Waals surface area (Å²) in [5, 5.41) is 3.56. The van der Waals surface area contributed by atoms with Crippen molar-refractivity contribution >= 4 is 23.3 Å².